The molecule has 2 nitrogen and oxygen atoms in total. The van der Waals surface area contributed by atoms with Crippen molar-refractivity contribution in [1.29, 1.82) is 0 Å². The monoisotopic (exact) mass is 351 g/mol. The number of hydrogen-bond donors (Lipinski definition) is 1. The fraction of sp³-hybridized carbons (Fsp3) is 0.250. The first-order valence-electron chi connectivity index (χ1n) is 6.61. The average Bonchev–Trinajstić information content (AvgIpc) is 2.83. The number of halogens is 2. The molecule has 0 fully saturated rings. The third-order valence-corrected chi connectivity index (χ3v) is 4.12. The van der Waals surface area contributed by atoms with E-state index in [4.69, 9.17) is 16.3 Å². The van der Waals surface area contributed by atoms with Crippen molar-refractivity contribution in [2.75, 3.05) is 6.54 Å². The van der Waals surface area contributed by atoms with Gasteiger partial charge in [-0.1, -0.05) is 39.7 Å². The van der Waals surface area contributed by atoms with E-state index in [-0.39, 0.29) is 6.10 Å². The summed E-state index contributed by atoms with van der Waals surface area (Å²) in [7, 11) is 0. The van der Waals surface area contributed by atoms with Crippen LogP contribution in [-0.2, 0) is 13.0 Å². The van der Waals surface area contributed by atoms with Gasteiger partial charge in [-0.3, -0.25) is 0 Å². The summed E-state index contributed by atoms with van der Waals surface area (Å²) in [5.74, 6) is 1.01. The van der Waals surface area contributed by atoms with Crippen molar-refractivity contribution in [2.45, 2.75) is 19.1 Å². The summed E-state index contributed by atoms with van der Waals surface area (Å²) in [5.41, 5.74) is 2.50. The number of nitrogens with one attached hydrogen (secondary N) is 1. The molecule has 1 heterocycles. The highest BCUT2D eigenvalue weighted by molar-refractivity contribution is 9.10. The first-order chi connectivity index (χ1) is 9.70. The van der Waals surface area contributed by atoms with Gasteiger partial charge in [0.05, 0.1) is 0 Å². The lowest BCUT2D eigenvalue weighted by Crippen LogP contribution is -2.29. The van der Waals surface area contributed by atoms with Crippen LogP contribution in [0.2, 0.25) is 5.02 Å². The van der Waals surface area contributed by atoms with Gasteiger partial charge in [-0.2, -0.15) is 0 Å². The minimum atomic E-state index is 0.214. The Morgan fingerprint density at radius 3 is 2.80 bits per heavy atom. The molecule has 20 heavy (non-hydrogen) atoms. The van der Waals surface area contributed by atoms with Gasteiger partial charge in [0.2, 0.25) is 0 Å². The van der Waals surface area contributed by atoms with Crippen molar-refractivity contribution < 1.29 is 4.74 Å². The van der Waals surface area contributed by atoms with E-state index in [2.05, 4.69) is 27.3 Å². The summed E-state index contributed by atoms with van der Waals surface area (Å²) in [6, 6.07) is 14.1. The fourth-order valence-corrected chi connectivity index (χ4v) is 2.92. The Kier molecular flexibility index (Phi) is 4.29. The molecule has 2 aromatic rings. The Morgan fingerprint density at radius 2 is 2.00 bits per heavy atom. The minimum absolute atomic E-state index is 0.214. The van der Waals surface area contributed by atoms with Crippen molar-refractivity contribution in [3.8, 4) is 5.75 Å². The molecule has 4 heteroatoms. The maximum atomic E-state index is 5.91. The molecular weight excluding hydrogens is 338 g/mol. The maximum Gasteiger partial charge on any atom is 0.123 e. The van der Waals surface area contributed by atoms with Crippen molar-refractivity contribution in [1.82, 2.24) is 5.32 Å². The summed E-state index contributed by atoms with van der Waals surface area (Å²) in [4.78, 5) is 0. The zero-order chi connectivity index (χ0) is 13.9. The molecule has 1 atom stereocenters. The third-order valence-electron chi connectivity index (χ3n) is 3.38. The molecule has 0 radical (unpaired) electrons. The van der Waals surface area contributed by atoms with Gasteiger partial charge in [0, 0.05) is 29.0 Å². The second-order valence-corrected chi connectivity index (χ2v) is 6.31. The summed E-state index contributed by atoms with van der Waals surface area (Å²) < 4.78 is 7.02. The van der Waals surface area contributed by atoms with Gasteiger partial charge in [-0.15, -0.1) is 0 Å². The second kappa shape index (κ2) is 6.17. The molecule has 104 valence electrons. The zero-order valence-corrected chi connectivity index (χ0v) is 13.2. The quantitative estimate of drug-likeness (QED) is 0.890. The summed E-state index contributed by atoms with van der Waals surface area (Å²) in [5, 5.41) is 4.20. The van der Waals surface area contributed by atoms with E-state index in [0.717, 1.165) is 34.8 Å². The van der Waals surface area contributed by atoms with E-state index in [9.17, 15) is 0 Å². The van der Waals surface area contributed by atoms with Crippen LogP contribution in [0.4, 0.5) is 0 Å². The van der Waals surface area contributed by atoms with Crippen molar-refractivity contribution in [3.05, 3.63) is 63.1 Å². The topological polar surface area (TPSA) is 21.3 Å². The van der Waals surface area contributed by atoms with Gasteiger partial charge in [0.25, 0.3) is 0 Å². The number of hydrogen-bond acceptors (Lipinski definition) is 2. The highest BCUT2D eigenvalue weighted by atomic mass is 79.9. The lowest BCUT2D eigenvalue weighted by Gasteiger charge is -2.12. The van der Waals surface area contributed by atoms with E-state index >= 15 is 0 Å². The molecule has 2 aromatic carbocycles. The van der Waals surface area contributed by atoms with Crippen LogP contribution in [0.15, 0.2) is 46.9 Å². The SMILES string of the molecule is Clc1ccc(CNCC2Cc3cc(Br)ccc3O2)cc1. The predicted molar refractivity (Wildman–Crippen MR) is 85.4 cm³/mol. The van der Waals surface area contributed by atoms with Gasteiger partial charge < -0.3 is 10.1 Å². The first kappa shape index (κ1) is 13.9. The van der Waals surface area contributed by atoms with Gasteiger partial charge in [-0.25, -0.2) is 0 Å². The summed E-state index contributed by atoms with van der Waals surface area (Å²) in [6.45, 7) is 1.67. The second-order valence-electron chi connectivity index (χ2n) is 4.95. The molecule has 1 aliphatic rings. The Balaban J connectivity index is 1.50. The van der Waals surface area contributed by atoms with E-state index in [1.807, 2.05) is 36.4 Å². The molecule has 1 unspecified atom stereocenters. The maximum absolute atomic E-state index is 5.91. The number of fused-ring (bicyclic) bond motifs is 1. The highest BCUT2D eigenvalue weighted by Crippen LogP contribution is 2.30. The molecule has 0 amide bonds. The largest absolute Gasteiger partial charge is 0.488 e. The number of benzene rings is 2. The van der Waals surface area contributed by atoms with E-state index < -0.39 is 0 Å². The van der Waals surface area contributed by atoms with Gasteiger partial charge in [-0.05, 0) is 41.5 Å². The normalized spacial score (nSPS) is 16.8. The van der Waals surface area contributed by atoms with Gasteiger partial charge in [0.1, 0.15) is 11.9 Å². The molecule has 3 rings (SSSR count). The van der Waals surface area contributed by atoms with Crippen LogP contribution < -0.4 is 10.1 Å². The van der Waals surface area contributed by atoms with Crippen LogP contribution in [-0.4, -0.2) is 12.6 Å². The van der Waals surface area contributed by atoms with E-state index in [0.29, 0.717) is 0 Å². The molecule has 1 aliphatic heterocycles. The molecule has 0 saturated carbocycles. The zero-order valence-electron chi connectivity index (χ0n) is 10.9. The van der Waals surface area contributed by atoms with Crippen molar-refractivity contribution >= 4 is 27.5 Å². The number of ether oxygens (including phenoxy) is 1. The fourth-order valence-electron chi connectivity index (χ4n) is 2.38. The standard InChI is InChI=1S/C16H15BrClNO/c17-13-3-6-16-12(7-13)8-15(20-16)10-19-9-11-1-4-14(18)5-2-11/h1-7,15,19H,8-10H2. The van der Waals surface area contributed by atoms with Crippen LogP contribution >= 0.6 is 27.5 Å². The molecule has 0 aromatic heterocycles. The molecule has 0 spiro atoms. The lowest BCUT2D eigenvalue weighted by atomic mass is 10.1. The van der Waals surface area contributed by atoms with Crippen LogP contribution in [0.1, 0.15) is 11.1 Å². The first-order valence-corrected chi connectivity index (χ1v) is 7.78. The Labute approximate surface area is 132 Å². The van der Waals surface area contributed by atoms with Crippen LogP contribution in [0.5, 0.6) is 5.75 Å². The Hall–Kier alpha value is -1.03. The third kappa shape index (κ3) is 3.35. The van der Waals surface area contributed by atoms with Gasteiger partial charge in [0.15, 0.2) is 0 Å². The summed E-state index contributed by atoms with van der Waals surface area (Å²) >= 11 is 9.36. The van der Waals surface area contributed by atoms with E-state index in [1.54, 1.807) is 0 Å². The smallest absolute Gasteiger partial charge is 0.123 e. The highest BCUT2D eigenvalue weighted by Gasteiger charge is 2.22. The minimum Gasteiger partial charge on any atom is -0.488 e. The average molecular weight is 353 g/mol. The molecule has 1 N–H and O–H groups in total. The number of rotatable bonds is 4. The van der Waals surface area contributed by atoms with Crippen LogP contribution in [0.25, 0.3) is 0 Å². The molecule has 0 aliphatic carbocycles. The van der Waals surface area contributed by atoms with E-state index in [1.165, 1.54) is 11.1 Å². The lowest BCUT2D eigenvalue weighted by molar-refractivity contribution is 0.227. The Bertz CT molecular complexity index is 600. The van der Waals surface area contributed by atoms with Gasteiger partial charge >= 0.3 is 0 Å². The predicted octanol–water partition coefficient (Wildman–Crippen LogP) is 4.20. The molecule has 0 saturated heterocycles. The van der Waals surface area contributed by atoms with Crippen LogP contribution in [0.3, 0.4) is 0 Å². The molecular formula is C16H15BrClNO. The summed E-state index contributed by atoms with van der Waals surface area (Å²) in [6.07, 6.45) is 1.18. The molecule has 0 bridgehead atoms. The van der Waals surface area contributed by atoms with Crippen molar-refractivity contribution in [2.24, 2.45) is 0 Å². The van der Waals surface area contributed by atoms with Crippen molar-refractivity contribution in [3.63, 3.8) is 0 Å². The Morgan fingerprint density at radius 1 is 1.20 bits per heavy atom. The van der Waals surface area contributed by atoms with Crippen LogP contribution in [0, 0.1) is 0 Å².